The van der Waals surface area contributed by atoms with E-state index in [2.05, 4.69) is 19.9 Å². The number of nitrogens with two attached hydrogens (primary N) is 1. The Labute approximate surface area is 197 Å². The summed E-state index contributed by atoms with van der Waals surface area (Å²) in [6.07, 6.45) is 0.0697. The first-order chi connectivity index (χ1) is 16.7. The summed E-state index contributed by atoms with van der Waals surface area (Å²) in [4.78, 5) is 27.5. The predicted molar refractivity (Wildman–Crippen MR) is 119 cm³/mol. The molecule has 3 N–H and O–H groups in total. The van der Waals surface area contributed by atoms with Crippen molar-refractivity contribution in [1.82, 2.24) is 24.5 Å². The number of alkyl halides is 2. The van der Waals surface area contributed by atoms with Gasteiger partial charge in [-0.15, -0.1) is 0 Å². The molecule has 0 aliphatic rings. The number of benzene rings is 1. The highest BCUT2D eigenvalue weighted by atomic mass is 19.3. The van der Waals surface area contributed by atoms with E-state index < -0.39 is 23.9 Å². The SMILES string of the molecule is Cc1cc(-c2c(OCc3nccn3CC(=O)O)nc(N)nc2-c2ccc(F)cc2)cc(C(F)F)n1. The van der Waals surface area contributed by atoms with E-state index >= 15 is 0 Å². The standard InChI is InChI=1S/C23H19F3N6O3/c1-12-8-14(9-16(29-12)21(25)26)19-20(13-2-4-15(24)5-3-13)30-23(27)31-22(19)35-11-17-28-6-7-32(17)10-18(33)34/h2-9,21H,10-11H2,1H3,(H,33,34)(H2,27,30,31). The minimum Gasteiger partial charge on any atom is -0.480 e. The second-order valence-corrected chi connectivity index (χ2v) is 7.49. The van der Waals surface area contributed by atoms with E-state index in [9.17, 15) is 18.0 Å². The molecule has 3 heterocycles. The minimum atomic E-state index is -2.83. The quantitative estimate of drug-likeness (QED) is 0.384. The molecule has 3 aromatic heterocycles. The first-order valence-corrected chi connectivity index (χ1v) is 10.3. The van der Waals surface area contributed by atoms with Crippen molar-refractivity contribution in [3.8, 4) is 28.3 Å². The highest BCUT2D eigenvalue weighted by Crippen LogP contribution is 2.39. The summed E-state index contributed by atoms with van der Waals surface area (Å²) in [5.74, 6) is -1.47. The molecule has 4 aromatic rings. The smallest absolute Gasteiger partial charge is 0.323 e. The van der Waals surface area contributed by atoms with Gasteiger partial charge in [0.05, 0.1) is 11.3 Å². The van der Waals surface area contributed by atoms with Gasteiger partial charge in [0.25, 0.3) is 6.43 Å². The zero-order valence-electron chi connectivity index (χ0n) is 18.3. The highest BCUT2D eigenvalue weighted by Gasteiger charge is 2.22. The topological polar surface area (TPSA) is 129 Å². The lowest BCUT2D eigenvalue weighted by molar-refractivity contribution is -0.137. The molecule has 0 saturated carbocycles. The Morgan fingerprint density at radius 2 is 1.89 bits per heavy atom. The number of pyridine rings is 1. The average molecular weight is 484 g/mol. The van der Waals surface area contributed by atoms with E-state index in [1.165, 1.54) is 47.3 Å². The molecule has 0 spiro atoms. The van der Waals surface area contributed by atoms with E-state index in [0.29, 0.717) is 11.3 Å². The van der Waals surface area contributed by atoms with Crippen LogP contribution in [0.5, 0.6) is 5.88 Å². The number of aliphatic carboxylic acids is 1. The van der Waals surface area contributed by atoms with Gasteiger partial charge in [0.15, 0.2) is 0 Å². The second-order valence-electron chi connectivity index (χ2n) is 7.49. The van der Waals surface area contributed by atoms with E-state index in [-0.39, 0.29) is 47.6 Å². The van der Waals surface area contributed by atoms with Crippen molar-refractivity contribution in [2.45, 2.75) is 26.5 Å². The number of halogens is 3. The van der Waals surface area contributed by atoms with Crippen LogP contribution in [0.2, 0.25) is 0 Å². The Morgan fingerprint density at radius 3 is 2.57 bits per heavy atom. The van der Waals surface area contributed by atoms with Gasteiger partial charge in [-0.25, -0.2) is 23.1 Å². The molecule has 35 heavy (non-hydrogen) atoms. The van der Waals surface area contributed by atoms with Gasteiger partial charge in [-0.3, -0.25) is 9.78 Å². The fourth-order valence-electron chi connectivity index (χ4n) is 3.49. The van der Waals surface area contributed by atoms with E-state index in [0.717, 1.165) is 0 Å². The number of rotatable bonds is 8. The van der Waals surface area contributed by atoms with E-state index in [1.54, 1.807) is 13.0 Å². The normalized spacial score (nSPS) is 11.1. The van der Waals surface area contributed by atoms with Crippen molar-refractivity contribution in [2.75, 3.05) is 5.73 Å². The van der Waals surface area contributed by atoms with E-state index in [4.69, 9.17) is 15.6 Å². The van der Waals surface area contributed by atoms with Gasteiger partial charge >= 0.3 is 5.97 Å². The van der Waals surface area contributed by atoms with Gasteiger partial charge in [-0.05, 0) is 48.9 Å². The molecule has 0 saturated heterocycles. The lowest BCUT2D eigenvalue weighted by Gasteiger charge is -2.16. The van der Waals surface area contributed by atoms with E-state index in [1.807, 2.05) is 0 Å². The monoisotopic (exact) mass is 484 g/mol. The van der Waals surface area contributed by atoms with Crippen LogP contribution >= 0.6 is 0 Å². The van der Waals surface area contributed by atoms with Crippen molar-refractivity contribution in [2.24, 2.45) is 0 Å². The lowest BCUT2D eigenvalue weighted by atomic mass is 9.99. The molecule has 0 radical (unpaired) electrons. The third-order valence-electron chi connectivity index (χ3n) is 4.94. The van der Waals surface area contributed by atoms with Crippen LogP contribution in [0.25, 0.3) is 22.4 Å². The van der Waals surface area contributed by atoms with Gasteiger partial charge in [0, 0.05) is 23.7 Å². The molecule has 0 atom stereocenters. The number of imidazole rings is 1. The van der Waals surface area contributed by atoms with Crippen molar-refractivity contribution >= 4 is 11.9 Å². The molecule has 0 aliphatic heterocycles. The summed E-state index contributed by atoms with van der Waals surface area (Å²) in [6.45, 7) is 1.03. The van der Waals surface area contributed by atoms with Crippen LogP contribution in [0.15, 0.2) is 48.8 Å². The molecular weight excluding hydrogens is 465 g/mol. The summed E-state index contributed by atoms with van der Waals surface area (Å²) in [5.41, 5.74) is 6.98. The van der Waals surface area contributed by atoms with Crippen molar-refractivity contribution in [1.29, 1.82) is 0 Å². The number of nitrogens with zero attached hydrogens (tertiary/aromatic N) is 5. The van der Waals surface area contributed by atoms with Crippen LogP contribution in [-0.2, 0) is 17.9 Å². The summed E-state index contributed by atoms with van der Waals surface area (Å²) < 4.78 is 47.8. The first kappa shape index (κ1) is 23.7. The van der Waals surface area contributed by atoms with Gasteiger partial charge in [0.2, 0.25) is 11.8 Å². The van der Waals surface area contributed by atoms with Crippen LogP contribution in [0.4, 0.5) is 19.1 Å². The molecule has 0 aliphatic carbocycles. The number of hydrogen-bond donors (Lipinski definition) is 2. The molecule has 180 valence electrons. The Bertz CT molecular complexity index is 1380. The number of aryl methyl sites for hydroxylation is 1. The number of carboxylic acid groups (broad SMARTS) is 1. The molecule has 0 unspecified atom stereocenters. The van der Waals surface area contributed by atoms with Gasteiger partial charge in [-0.2, -0.15) is 4.98 Å². The number of nitrogen functional groups attached to an aromatic ring is 1. The van der Waals surface area contributed by atoms with Crippen LogP contribution in [0.3, 0.4) is 0 Å². The largest absolute Gasteiger partial charge is 0.480 e. The molecule has 0 bridgehead atoms. The maximum absolute atomic E-state index is 13.6. The zero-order chi connectivity index (χ0) is 25.1. The Balaban J connectivity index is 1.86. The number of hydrogen-bond acceptors (Lipinski definition) is 7. The van der Waals surface area contributed by atoms with Crippen LogP contribution in [0.1, 0.15) is 23.6 Å². The number of anilines is 1. The second kappa shape index (κ2) is 9.79. The molecule has 0 amide bonds. The molecular formula is C23H19F3N6O3. The average Bonchev–Trinajstić information content (AvgIpc) is 3.23. The molecule has 1 aromatic carbocycles. The zero-order valence-corrected chi connectivity index (χ0v) is 18.3. The maximum atomic E-state index is 13.6. The molecule has 9 nitrogen and oxygen atoms in total. The first-order valence-electron chi connectivity index (χ1n) is 10.3. The number of carboxylic acids is 1. The molecule has 4 rings (SSSR count). The summed E-state index contributed by atoms with van der Waals surface area (Å²) >= 11 is 0. The summed E-state index contributed by atoms with van der Waals surface area (Å²) in [5, 5.41) is 9.08. The number of aromatic nitrogens is 5. The lowest BCUT2D eigenvalue weighted by Crippen LogP contribution is -2.14. The molecule has 12 heteroatoms. The number of carbonyl (C=O) groups is 1. The van der Waals surface area contributed by atoms with Gasteiger partial charge < -0.3 is 20.1 Å². The van der Waals surface area contributed by atoms with Crippen LogP contribution in [0, 0.1) is 12.7 Å². The summed E-state index contributed by atoms with van der Waals surface area (Å²) in [6, 6.07) is 8.13. The van der Waals surface area contributed by atoms with Crippen LogP contribution < -0.4 is 10.5 Å². The summed E-state index contributed by atoms with van der Waals surface area (Å²) in [7, 11) is 0. The van der Waals surface area contributed by atoms with Gasteiger partial charge in [0.1, 0.15) is 30.5 Å². The van der Waals surface area contributed by atoms with Crippen LogP contribution in [-0.4, -0.2) is 35.6 Å². The molecule has 0 fully saturated rings. The van der Waals surface area contributed by atoms with Crippen molar-refractivity contribution < 1.29 is 27.8 Å². The fourth-order valence-corrected chi connectivity index (χ4v) is 3.49. The third-order valence-corrected chi connectivity index (χ3v) is 4.94. The van der Waals surface area contributed by atoms with Crippen molar-refractivity contribution in [3.05, 3.63) is 71.8 Å². The fraction of sp³-hybridized carbons (Fsp3) is 0.174. The Morgan fingerprint density at radius 1 is 1.14 bits per heavy atom. The third kappa shape index (κ3) is 5.37. The maximum Gasteiger partial charge on any atom is 0.323 e. The van der Waals surface area contributed by atoms with Crippen molar-refractivity contribution in [3.63, 3.8) is 0 Å². The number of ether oxygens (including phenoxy) is 1. The Hall–Kier alpha value is -4.48. The minimum absolute atomic E-state index is 0.0486. The predicted octanol–water partition coefficient (Wildman–Crippen LogP) is 4.03. The highest BCUT2D eigenvalue weighted by molar-refractivity contribution is 5.85. The Kier molecular flexibility index (Phi) is 6.62. The van der Waals surface area contributed by atoms with Gasteiger partial charge in [-0.1, -0.05) is 0 Å².